The second-order valence-corrected chi connectivity index (χ2v) is 5.34. The van der Waals surface area contributed by atoms with Crippen molar-refractivity contribution in [3.63, 3.8) is 0 Å². The molecule has 3 aromatic rings. The molecule has 3 rings (SSSR count). The van der Waals surface area contributed by atoms with Gasteiger partial charge in [-0.2, -0.15) is 22.9 Å². The standard InChI is InChI=1S/C16H10F3N3OS/c17-16(18,19)11-7-5-10(6-8-11)9-20-22-14(23)12-3-1-2-4-13(12)21-15(22)24/h1-9H,(H,21,24)/b20-9-. The van der Waals surface area contributed by atoms with Crippen LogP contribution in [-0.2, 0) is 6.18 Å². The van der Waals surface area contributed by atoms with E-state index in [-0.39, 0.29) is 4.77 Å². The molecular weight excluding hydrogens is 339 g/mol. The predicted molar refractivity (Wildman–Crippen MR) is 87.8 cm³/mol. The number of aromatic nitrogens is 2. The van der Waals surface area contributed by atoms with Crippen molar-refractivity contribution in [1.29, 1.82) is 0 Å². The summed E-state index contributed by atoms with van der Waals surface area (Å²) in [5.41, 5.74) is -0.150. The minimum Gasteiger partial charge on any atom is -0.330 e. The average Bonchev–Trinajstić information content (AvgIpc) is 2.54. The number of halogens is 3. The second-order valence-electron chi connectivity index (χ2n) is 4.96. The van der Waals surface area contributed by atoms with Gasteiger partial charge in [0.05, 0.1) is 22.7 Å². The van der Waals surface area contributed by atoms with Gasteiger partial charge in [-0.05, 0) is 42.0 Å². The summed E-state index contributed by atoms with van der Waals surface area (Å²) >= 11 is 5.10. The Balaban J connectivity index is 1.99. The molecule has 0 aliphatic carbocycles. The number of para-hydroxylation sites is 1. The van der Waals surface area contributed by atoms with Gasteiger partial charge in [-0.3, -0.25) is 4.79 Å². The molecular formula is C16H10F3N3OS. The summed E-state index contributed by atoms with van der Waals surface area (Å²) in [6.45, 7) is 0. The summed E-state index contributed by atoms with van der Waals surface area (Å²) < 4.78 is 38.7. The first-order chi connectivity index (χ1) is 11.4. The van der Waals surface area contributed by atoms with Crippen molar-refractivity contribution >= 4 is 29.3 Å². The molecule has 0 unspecified atom stereocenters. The maximum absolute atomic E-state index is 12.5. The van der Waals surface area contributed by atoms with Gasteiger partial charge in [0.25, 0.3) is 5.56 Å². The molecule has 0 aliphatic rings. The fourth-order valence-corrected chi connectivity index (χ4v) is 2.38. The van der Waals surface area contributed by atoms with Gasteiger partial charge in [0.2, 0.25) is 4.77 Å². The third kappa shape index (κ3) is 3.13. The smallest absolute Gasteiger partial charge is 0.330 e. The molecule has 0 aliphatic heterocycles. The topological polar surface area (TPSA) is 50.1 Å². The van der Waals surface area contributed by atoms with E-state index >= 15 is 0 Å². The van der Waals surface area contributed by atoms with Crippen molar-refractivity contribution in [2.75, 3.05) is 0 Å². The van der Waals surface area contributed by atoms with Crippen molar-refractivity contribution in [2.24, 2.45) is 5.10 Å². The quantitative estimate of drug-likeness (QED) is 0.562. The minimum atomic E-state index is -4.40. The highest BCUT2D eigenvalue weighted by Crippen LogP contribution is 2.28. The Labute approximate surface area is 138 Å². The fraction of sp³-hybridized carbons (Fsp3) is 0.0625. The van der Waals surface area contributed by atoms with E-state index in [1.54, 1.807) is 24.3 Å². The van der Waals surface area contributed by atoms with Crippen molar-refractivity contribution in [1.82, 2.24) is 9.66 Å². The molecule has 4 nitrogen and oxygen atoms in total. The molecule has 1 heterocycles. The number of hydrogen-bond acceptors (Lipinski definition) is 3. The number of H-pyrrole nitrogens is 1. The van der Waals surface area contributed by atoms with E-state index in [0.717, 1.165) is 16.8 Å². The van der Waals surface area contributed by atoms with E-state index < -0.39 is 17.3 Å². The highest BCUT2D eigenvalue weighted by molar-refractivity contribution is 7.71. The van der Waals surface area contributed by atoms with Gasteiger partial charge in [-0.15, -0.1) is 0 Å². The first-order valence-electron chi connectivity index (χ1n) is 6.82. The Morgan fingerprint density at radius 2 is 1.75 bits per heavy atom. The number of hydrogen-bond donors (Lipinski definition) is 1. The van der Waals surface area contributed by atoms with Crippen LogP contribution in [0.2, 0.25) is 0 Å². The zero-order valence-electron chi connectivity index (χ0n) is 12.0. The molecule has 0 bridgehead atoms. The average molecular weight is 349 g/mol. The molecule has 24 heavy (non-hydrogen) atoms. The number of benzene rings is 2. The predicted octanol–water partition coefficient (Wildman–Crippen LogP) is 3.96. The Morgan fingerprint density at radius 1 is 1.08 bits per heavy atom. The number of nitrogens with one attached hydrogen (secondary N) is 1. The molecule has 0 amide bonds. The lowest BCUT2D eigenvalue weighted by Crippen LogP contribution is -2.18. The largest absolute Gasteiger partial charge is 0.416 e. The Morgan fingerprint density at radius 3 is 2.42 bits per heavy atom. The van der Waals surface area contributed by atoms with Crippen molar-refractivity contribution in [2.45, 2.75) is 6.18 Å². The Hall–Kier alpha value is -2.74. The lowest BCUT2D eigenvalue weighted by molar-refractivity contribution is -0.137. The van der Waals surface area contributed by atoms with E-state index in [9.17, 15) is 18.0 Å². The molecule has 0 saturated carbocycles. The molecule has 8 heteroatoms. The molecule has 0 spiro atoms. The van der Waals surface area contributed by atoms with E-state index in [0.29, 0.717) is 16.5 Å². The van der Waals surface area contributed by atoms with E-state index in [4.69, 9.17) is 12.2 Å². The van der Waals surface area contributed by atoms with Crippen LogP contribution < -0.4 is 5.56 Å². The maximum Gasteiger partial charge on any atom is 0.416 e. The van der Waals surface area contributed by atoms with Gasteiger partial charge >= 0.3 is 6.18 Å². The van der Waals surface area contributed by atoms with Gasteiger partial charge in [0, 0.05) is 0 Å². The normalized spacial score (nSPS) is 12.1. The lowest BCUT2D eigenvalue weighted by Gasteiger charge is -2.06. The summed E-state index contributed by atoms with van der Waals surface area (Å²) in [5.74, 6) is 0. The van der Waals surface area contributed by atoms with Crippen LogP contribution in [0.4, 0.5) is 13.2 Å². The van der Waals surface area contributed by atoms with Crippen LogP contribution in [0.3, 0.4) is 0 Å². The minimum absolute atomic E-state index is 0.0989. The first kappa shape index (κ1) is 16.1. The van der Waals surface area contributed by atoms with Crippen LogP contribution in [0.15, 0.2) is 58.4 Å². The SMILES string of the molecule is O=c1c2ccccc2[nH]c(=S)n1/N=C\c1ccc(C(F)(F)F)cc1. The maximum atomic E-state index is 12.5. The second kappa shape index (κ2) is 6.04. The fourth-order valence-electron chi connectivity index (χ4n) is 2.14. The molecule has 0 radical (unpaired) electrons. The van der Waals surface area contributed by atoms with Gasteiger partial charge in [-0.1, -0.05) is 24.3 Å². The number of alkyl halides is 3. The van der Waals surface area contributed by atoms with Crippen LogP contribution in [0.25, 0.3) is 10.9 Å². The molecule has 0 fully saturated rings. The highest BCUT2D eigenvalue weighted by Gasteiger charge is 2.29. The lowest BCUT2D eigenvalue weighted by atomic mass is 10.1. The van der Waals surface area contributed by atoms with Crippen LogP contribution in [-0.4, -0.2) is 15.9 Å². The number of aromatic amines is 1. The zero-order valence-corrected chi connectivity index (χ0v) is 12.9. The number of fused-ring (bicyclic) bond motifs is 1. The zero-order chi connectivity index (χ0) is 17.3. The molecule has 0 atom stereocenters. The summed E-state index contributed by atoms with van der Waals surface area (Å²) in [6.07, 6.45) is -3.12. The molecule has 122 valence electrons. The Bertz CT molecular complexity index is 1030. The van der Waals surface area contributed by atoms with Crippen molar-refractivity contribution < 1.29 is 13.2 Å². The van der Waals surface area contributed by atoms with E-state index in [2.05, 4.69) is 10.1 Å². The third-order valence-electron chi connectivity index (χ3n) is 3.34. The summed E-state index contributed by atoms with van der Waals surface area (Å²) in [7, 11) is 0. The van der Waals surface area contributed by atoms with Gasteiger partial charge in [0.15, 0.2) is 0 Å². The van der Waals surface area contributed by atoms with Crippen LogP contribution in [0, 0.1) is 4.77 Å². The van der Waals surface area contributed by atoms with Crippen molar-refractivity contribution in [3.05, 3.63) is 74.8 Å². The van der Waals surface area contributed by atoms with Gasteiger partial charge in [-0.25, -0.2) is 0 Å². The molecule has 1 N–H and O–H groups in total. The van der Waals surface area contributed by atoms with E-state index in [1.807, 2.05) is 0 Å². The third-order valence-corrected chi connectivity index (χ3v) is 3.62. The van der Waals surface area contributed by atoms with Crippen molar-refractivity contribution in [3.8, 4) is 0 Å². The van der Waals surface area contributed by atoms with Gasteiger partial charge in [0.1, 0.15) is 0 Å². The molecule has 0 saturated heterocycles. The summed E-state index contributed by atoms with van der Waals surface area (Å²) in [4.78, 5) is 15.2. The van der Waals surface area contributed by atoms with Crippen LogP contribution >= 0.6 is 12.2 Å². The van der Waals surface area contributed by atoms with E-state index in [1.165, 1.54) is 18.3 Å². The summed E-state index contributed by atoms with van der Waals surface area (Å²) in [5, 5.41) is 4.39. The molecule has 2 aromatic carbocycles. The first-order valence-corrected chi connectivity index (χ1v) is 7.23. The number of rotatable bonds is 2. The number of nitrogens with zero attached hydrogens (tertiary/aromatic N) is 2. The monoisotopic (exact) mass is 349 g/mol. The highest BCUT2D eigenvalue weighted by atomic mass is 32.1. The van der Waals surface area contributed by atoms with Gasteiger partial charge < -0.3 is 4.98 Å². The molecule has 1 aromatic heterocycles. The Kier molecular flexibility index (Phi) is 4.06. The van der Waals surface area contributed by atoms with Crippen LogP contribution in [0.5, 0.6) is 0 Å². The summed E-state index contributed by atoms with van der Waals surface area (Å²) in [6, 6.07) is 11.3. The van der Waals surface area contributed by atoms with Crippen LogP contribution in [0.1, 0.15) is 11.1 Å².